The zero-order chi connectivity index (χ0) is 18.4. The van der Waals surface area contributed by atoms with Gasteiger partial charge in [0.15, 0.2) is 0 Å². The van der Waals surface area contributed by atoms with Crippen molar-refractivity contribution in [3.8, 4) is 5.75 Å². The van der Waals surface area contributed by atoms with Crippen molar-refractivity contribution in [2.75, 3.05) is 5.32 Å². The van der Waals surface area contributed by atoms with Crippen LogP contribution in [-0.2, 0) is 0 Å². The Balaban J connectivity index is 1.53. The molecule has 5 rings (SSSR count). The lowest BCUT2D eigenvalue weighted by molar-refractivity contribution is 0.102. The molecule has 0 saturated carbocycles. The first kappa shape index (κ1) is 15.5. The quantitative estimate of drug-likeness (QED) is 0.396. The number of fused-ring (bicyclic) bond motifs is 4. The Labute approximate surface area is 155 Å². The number of phenolic OH excluding ortho intramolecular Hbond substituents is 1. The molecule has 1 aromatic heterocycles. The van der Waals surface area contributed by atoms with Crippen molar-refractivity contribution in [2.24, 2.45) is 0 Å². The monoisotopic (exact) mass is 352 g/mol. The van der Waals surface area contributed by atoms with E-state index in [4.69, 9.17) is 0 Å². The van der Waals surface area contributed by atoms with Gasteiger partial charge >= 0.3 is 0 Å². The Hall–Kier alpha value is -3.79. The number of aromatic nitrogens is 1. The molecule has 1 amide bonds. The van der Waals surface area contributed by atoms with Crippen LogP contribution >= 0.6 is 0 Å². The molecule has 0 unspecified atom stereocenters. The number of carbonyl (C=O) groups excluding carboxylic acids is 1. The molecule has 0 atom stereocenters. The van der Waals surface area contributed by atoms with Crippen LogP contribution in [0.15, 0.2) is 78.9 Å². The van der Waals surface area contributed by atoms with Crippen LogP contribution in [0, 0.1) is 0 Å². The van der Waals surface area contributed by atoms with Crippen LogP contribution in [0.4, 0.5) is 5.69 Å². The summed E-state index contributed by atoms with van der Waals surface area (Å²) >= 11 is 0. The number of amides is 1. The highest BCUT2D eigenvalue weighted by molar-refractivity contribution is 6.12. The Morgan fingerprint density at radius 1 is 0.778 bits per heavy atom. The maximum absolute atomic E-state index is 12.7. The summed E-state index contributed by atoms with van der Waals surface area (Å²) in [6.07, 6.45) is 0. The summed E-state index contributed by atoms with van der Waals surface area (Å²) < 4.78 is 0. The molecular weight excluding hydrogens is 336 g/mol. The summed E-state index contributed by atoms with van der Waals surface area (Å²) in [6, 6.07) is 24.8. The van der Waals surface area contributed by atoms with E-state index in [1.165, 1.54) is 0 Å². The summed E-state index contributed by atoms with van der Waals surface area (Å²) in [7, 11) is 0. The van der Waals surface area contributed by atoms with E-state index < -0.39 is 0 Å². The fraction of sp³-hybridized carbons (Fsp3) is 0. The number of aromatic hydroxyl groups is 1. The van der Waals surface area contributed by atoms with Crippen molar-refractivity contribution < 1.29 is 9.90 Å². The van der Waals surface area contributed by atoms with Crippen molar-refractivity contribution >= 4 is 44.2 Å². The lowest BCUT2D eigenvalue weighted by atomic mass is 10.1. The molecule has 0 aliphatic rings. The molecule has 0 radical (unpaired) electrons. The van der Waals surface area contributed by atoms with Crippen LogP contribution in [0.3, 0.4) is 0 Å². The van der Waals surface area contributed by atoms with Crippen molar-refractivity contribution in [3.05, 3.63) is 84.4 Å². The number of hydrogen-bond donors (Lipinski definition) is 3. The molecule has 0 fully saturated rings. The molecule has 0 aliphatic heterocycles. The summed E-state index contributed by atoms with van der Waals surface area (Å²) in [6.45, 7) is 0. The van der Waals surface area contributed by atoms with Gasteiger partial charge in [-0.25, -0.2) is 0 Å². The number of phenols is 1. The molecule has 130 valence electrons. The molecule has 1 heterocycles. The second-order valence-corrected chi connectivity index (χ2v) is 6.60. The topological polar surface area (TPSA) is 65.1 Å². The van der Waals surface area contributed by atoms with Gasteiger partial charge < -0.3 is 15.4 Å². The number of hydrogen-bond acceptors (Lipinski definition) is 2. The number of aromatic amines is 1. The predicted molar refractivity (Wildman–Crippen MR) is 109 cm³/mol. The number of benzene rings is 4. The van der Waals surface area contributed by atoms with E-state index in [0.29, 0.717) is 5.69 Å². The Kier molecular flexibility index (Phi) is 3.37. The fourth-order valence-electron chi connectivity index (χ4n) is 3.53. The normalized spacial score (nSPS) is 11.3. The van der Waals surface area contributed by atoms with Gasteiger partial charge in [0.2, 0.25) is 0 Å². The van der Waals surface area contributed by atoms with Gasteiger partial charge in [0, 0.05) is 27.5 Å². The van der Waals surface area contributed by atoms with Crippen LogP contribution in [0.1, 0.15) is 10.4 Å². The number of rotatable bonds is 2. The first-order chi connectivity index (χ1) is 13.2. The molecule has 0 spiro atoms. The van der Waals surface area contributed by atoms with Gasteiger partial charge in [0.1, 0.15) is 5.75 Å². The molecule has 3 N–H and O–H groups in total. The molecule has 4 aromatic carbocycles. The Morgan fingerprint density at radius 3 is 2.33 bits per heavy atom. The second kappa shape index (κ2) is 5.88. The summed E-state index contributed by atoms with van der Waals surface area (Å²) in [5, 5.41) is 17.1. The predicted octanol–water partition coefficient (Wildman–Crippen LogP) is 5.43. The highest BCUT2D eigenvalue weighted by atomic mass is 16.3. The molecule has 0 aliphatic carbocycles. The third kappa shape index (κ3) is 2.59. The molecule has 27 heavy (non-hydrogen) atoms. The largest absolute Gasteiger partial charge is 0.507 e. The standard InChI is InChI=1S/C23H16N2O2/c26-22-12-15-6-2-1-5-14(15)11-19(22)23(27)24-16-9-10-21-18(13-16)17-7-3-4-8-20(17)25-21/h1-13,25-26H,(H,24,27). The van der Waals surface area contributed by atoms with Crippen molar-refractivity contribution in [2.45, 2.75) is 0 Å². The maximum atomic E-state index is 12.7. The van der Waals surface area contributed by atoms with Crippen LogP contribution in [-0.4, -0.2) is 16.0 Å². The molecule has 4 heteroatoms. The number of carbonyl (C=O) groups is 1. The number of para-hydroxylation sites is 1. The Bertz CT molecular complexity index is 1330. The fourth-order valence-corrected chi connectivity index (χ4v) is 3.53. The number of H-pyrrole nitrogens is 1. The number of anilines is 1. The summed E-state index contributed by atoms with van der Waals surface area (Å²) in [5.74, 6) is -0.364. The first-order valence-electron chi connectivity index (χ1n) is 8.73. The summed E-state index contributed by atoms with van der Waals surface area (Å²) in [5.41, 5.74) is 3.02. The van der Waals surface area contributed by atoms with Crippen molar-refractivity contribution in [3.63, 3.8) is 0 Å². The summed E-state index contributed by atoms with van der Waals surface area (Å²) in [4.78, 5) is 16.1. The highest BCUT2D eigenvalue weighted by Gasteiger charge is 2.13. The van der Waals surface area contributed by atoms with Gasteiger partial charge in [-0.05, 0) is 47.2 Å². The lowest BCUT2D eigenvalue weighted by Gasteiger charge is -2.09. The van der Waals surface area contributed by atoms with Gasteiger partial charge in [-0.3, -0.25) is 4.79 Å². The molecule has 0 bridgehead atoms. The van der Waals surface area contributed by atoms with Crippen LogP contribution in [0.2, 0.25) is 0 Å². The first-order valence-corrected chi connectivity index (χ1v) is 8.73. The highest BCUT2D eigenvalue weighted by Crippen LogP contribution is 2.29. The van der Waals surface area contributed by atoms with E-state index in [0.717, 1.165) is 32.6 Å². The van der Waals surface area contributed by atoms with E-state index in [1.807, 2.05) is 60.7 Å². The van der Waals surface area contributed by atoms with E-state index >= 15 is 0 Å². The SMILES string of the molecule is O=C(Nc1ccc2[nH]c3ccccc3c2c1)c1cc2ccccc2cc1O. The lowest BCUT2D eigenvalue weighted by Crippen LogP contribution is -2.12. The van der Waals surface area contributed by atoms with Crippen LogP contribution in [0.5, 0.6) is 5.75 Å². The third-order valence-electron chi connectivity index (χ3n) is 4.87. The third-order valence-corrected chi connectivity index (χ3v) is 4.87. The van der Waals surface area contributed by atoms with E-state index in [-0.39, 0.29) is 17.2 Å². The van der Waals surface area contributed by atoms with Gasteiger partial charge in [0.05, 0.1) is 5.56 Å². The minimum absolute atomic E-state index is 0.0284. The number of nitrogens with one attached hydrogen (secondary N) is 2. The zero-order valence-electron chi connectivity index (χ0n) is 14.4. The average Bonchev–Trinajstić information content (AvgIpc) is 3.05. The van der Waals surface area contributed by atoms with E-state index in [1.54, 1.807) is 12.1 Å². The van der Waals surface area contributed by atoms with Gasteiger partial charge in [-0.2, -0.15) is 0 Å². The maximum Gasteiger partial charge on any atom is 0.259 e. The minimum atomic E-state index is -0.336. The van der Waals surface area contributed by atoms with E-state index in [9.17, 15) is 9.90 Å². The van der Waals surface area contributed by atoms with Crippen LogP contribution in [0.25, 0.3) is 32.6 Å². The van der Waals surface area contributed by atoms with Gasteiger partial charge in [-0.1, -0.05) is 42.5 Å². The molecular formula is C23H16N2O2. The smallest absolute Gasteiger partial charge is 0.259 e. The Morgan fingerprint density at radius 2 is 1.48 bits per heavy atom. The van der Waals surface area contributed by atoms with E-state index in [2.05, 4.69) is 16.4 Å². The van der Waals surface area contributed by atoms with Crippen LogP contribution < -0.4 is 5.32 Å². The molecule has 5 aromatic rings. The second-order valence-electron chi connectivity index (χ2n) is 6.60. The zero-order valence-corrected chi connectivity index (χ0v) is 14.4. The van der Waals surface area contributed by atoms with Crippen molar-refractivity contribution in [1.29, 1.82) is 0 Å². The average molecular weight is 352 g/mol. The van der Waals surface area contributed by atoms with Gasteiger partial charge in [0.25, 0.3) is 5.91 Å². The molecule has 4 nitrogen and oxygen atoms in total. The molecule has 0 saturated heterocycles. The van der Waals surface area contributed by atoms with Gasteiger partial charge in [-0.15, -0.1) is 0 Å². The van der Waals surface area contributed by atoms with Crippen molar-refractivity contribution in [1.82, 2.24) is 4.98 Å². The minimum Gasteiger partial charge on any atom is -0.507 e.